The van der Waals surface area contributed by atoms with Gasteiger partial charge in [0.1, 0.15) is 0 Å². The molecule has 1 saturated heterocycles. The summed E-state index contributed by atoms with van der Waals surface area (Å²) in [6.45, 7) is 1.31. The highest BCUT2D eigenvalue weighted by Crippen LogP contribution is 2.14. The van der Waals surface area contributed by atoms with Crippen molar-refractivity contribution in [3.8, 4) is 0 Å². The van der Waals surface area contributed by atoms with Crippen molar-refractivity contribution in [1.82, 2.24) is 14.9 Å². The molecular weight excluding hydrogens is 288 g/mol. The minimum atomic E-state index is -0.286. The average Bonchev–Trinajstić information content (AvgIpc) is 2.80. The molecule has 1 atom stereocenters. The summed E-state index contributed by atoms with van der Waals surface area (Å²) < 4.78 is 5.51. The van der Waals surface area contributed by atoms with Crippen molar-refractivity contribution in [2.45, 2.75) is 12.5 Å². The number of rotatable bonds is 2. The summed E-state index contributed by atoms with van der Waals surface area (Å²) in [5.41, 5.74) is 0. The van der Waals surface area contributed by atoms with E-state index in [0.717, 1.165) is 10.9 Å². The summed E-state index contributed by atoms with van der Waals surface area (Å²) >= 11 is 3.27. The first-order chi connectivity index (χ1) is 8.19. The molecule has 0 aromatic carbocycles. The van der Waals surface area contributed by atoms with Crippen molar-refractivity contribution >= 4 is 28.0 Å². The van der Waals surface area contributed by atoms with Gasteiger partial charge in [0.25, 0.3) is 0 Å². The van der Waals surface area contributed by atoms with Crippen molar-refractivity contribution in [1.29, 1.82) is 0 Å². The summed E-state index contributed by atoms with van der Waals surface area (Å²) in [5, 5.41) is 3.18. The molecule has 1 aliphatic rings. The van der Waals surface area contributed by atoms with Gasteiger partial charge < -0.3 is 15.0 Å². The molecule has 92 valence electrons. The average molecular weight is 301 g/mol. The second-order valence-corrected chi connectivity index (χ2v) is 4.69. The number of hydrogen-bond donors (Lipinski definition) is 1. The molecule has 2 heterocycles. The first kappa shape index (κ1) is 12.1. The zero-order valence-corrected chi connectivity index (χ0v) is 11.0. The highest BCUT2D eigenvalue weighted by Gasteiger charge is 2.26. The van der Waals surface area contributed by atoms with Crippen LogP contribution in [0.3, 0.4) is 0 Å². The number of carbonyl (C=O) groups excluding carboxylic acids is 1. The number of ether oxygens (including phenoxy) is 1. The van der Waals surface area contributed by atoms with Gasteiger partial charge in [0.05, 0.1) is 11.6 Å². The van der Waals surface area contributed by atoms with Gasteiger partial charge >= 0.3 is 6.09 Å². The maximum absolute atomic E-state index is 11.3. The molecule has 1 amide bonds. The molecule has 1 aliphatic heterocycles. The van der Waals surface area contributed by atoms with Crippen LogP contribution in [0.1, 0.15) is 6.42 Å². The van der Waals surface area contributed by atoms with Gasteiger partial charge in [-0.15, -0.1) is 0 Å². The van der Waals surface area contributed by atoms with Crippen molar-refractivity contribution < 1.29 is 9.53 Å². The lowest BCUT2D eigenvalue weighted by molar-refractivity contribution is 0.132. The predicted molar refractivity (Wildman–Crippen MR) is 65.7 cm³/mol. The van der Waals surface area contributed by atoms with Gasteiger partial charge in [0.15, 0.2) is 0 Å². The Morgan fingerprint density at radius 2 is 2.29 bits per heavy atom. The number of halogens is 1. The van der Waals surface area contributed by atoms with Crippen molar-refractivity contribution in [3.63, 3.8) is 0 Å². The third kappa shape index (κ3) is 3.06. The van der Waals surface area contributed by atoms with Gasteiger partial charge in [-0.05, 0) is 22.4 Å². The highest BCUT2D eigenvalue weighted by atomic mass is 79.9. The fourth-order valence-electron chi connectivity index (χ4n) is 1.74. The number of likely N-dealkylation sites (tertiary alicyclic amines) is 1. The van der Waals surface area contributed by atoms with Crippen LogP contribution in [0.15, 0.2) is 16.9 Å². The van der Waals surface area contributed by atoms with E-state index >= 15 is 0 Å². The topological polar surface area (TPSA) is 67.3 Å². The summed E-state index contributed by atoms with van der Waals surface area (Å²) in [7, 11) is 1.39. The van der Waals surface area contributed by atoms with Gasteiger partial charge in [-0.2, -0.15) is 0 Å². The normalized spacial score (nSPS) is 19.2. The zero-order valence-electron chi connectivity index (χ0n) is 9.39. The van der Waals surface area contributed by atoms with Crippen LogP contribution in [-0.4, -0.2) is 47.2 Å². The Morgan fingerprint density at radius 1 is 1.59 bits per heavy atom. The molecule has 17 heavy (non-hydrogen) atoms. The SMILES string of the molecule is COC(=O)N1CCC(Nc2ncc(Br)cn2)C1. The Labute approximate surface area is 108 Å². The lowest BCUT2D eigenvalue weighted by Crippen LogP contribution is -2.31. The number of aromatic nitrogens is 2. The molecule has 1 aromatic heterocycles. The van der Waals surface area contributed by atoms with Crippen LogP contribution in [0.5, 0.6) is 0 Å². The number of anilines is 1. The van der Waals surface area contributed by atoms with E-state index in [4.69, 9.17) is 0 Å². The first-order valence-corrected chi connectivity index (χ1v) is 6.05. The number of methoxy groups -OCH3 is 1. The maximum atomic E-state index is 11.3. The molecule has 0 bridgehead atoms. The van der Waals surface area contributed by atoms with E-state index in [2.05, 4.69) is 36.0 Å². The summed E-state index contributed by atoms with van der Waals surface area (Å²) in [6, 6.07) is 0.176. The van der Waals surface area contributed by atoms with E-state index in [1.54, 1.807) is 17.3 Å². The van der Waals surface area contributed by atoms with Gasteiger partial charge in [0, 0.05) is 31.5 Å². The molecule has 0 saturated carbocycles. The lowest BCUT2D eigenvalue weighted by Gasteiger charge is -2.15. The van der Waals surface area contributed by atoms with Crippen LogP contribution >= 0.6 is 15.9 Å². The fraction of sp³-hybridized carbons (Fsp3) is 0.500. The van der Waals surface area contributed by atoms with E-state index in [1.165, 1.54) is 7.11 Å². The first-order valence-electron chi connectivity index (χ1n) is 5.26. The van der Waals surface area contributed by atoms with Gasteiger partial charge in [0.2, 0.25) is 5.95 Å². The summed E-state index contributed by atoms with van der Waals surface area (Å²) in [6.07, 6.45) is 3.95. The van der Waals surface area contributed by atoms with Crippen molar-refractivity contribution in [2.24, 2.45) is 0 Å². The van der Waals surface area contributed by atoms with Gasteiger partial charge in [-0.1, -0.05) is 0 Å². The Kier molecular flexibility index (Phi) is 3.78. The monoisotopic (exact) mass is 300 g/mol. The van der Waals surface area contributed by atoms with Crippen molar-refractivity contribution in [3.05, 3.63) is 16.9 Å². The Morgan fingerprint density at radius 3 is 2.94 bits per heavy atom. The molecule has 1 fully saturated rings. The second kappa shape index (κ2) is 5.31. The molecule has 0 aliphatic carbocycles. The van der Waals surface area contributed by atoms with E-state index in [1.807, 2.05) is 0 Å². The quantitative estimate of drug-likeness (QED) is 0.896. The number of hydrogen-bond acceptors (Lipinski definition) is 5. The highest BCUT2D eigenvalue weighted by molar-refractivity contribution is 9.10. The predicted octanol–water partition coefficient (Wildman–Crippen LogP) is 1.49. The minimum Gasteiger partial charge on any atom is -0.453 e. The lowest BCUT2D eigenvalue weighted by atomic mass is 10.3. The van der Waals surface area contributed by atoms with Crippen molar-refractivity contribution in [2.75, 3.05) is 25.5 Å². The van der Waals surface area contributed by atoms with Crippen LogP contribution in [0.25, 0.3) is 0 Å². The molecular formula is C10H13BrN4O2. The molecule has 1 aromatic rings. The number of nitrogens with zero attached hydrogens (tertiary/aromatic N) is 3. The Hall–Kier alpha value is -1.37. The summed E-state index contributed by atoms with van der Waals surface area (Å²) in [4.78, 5) is 21.2. The van der Waals surface area contributed by atoms with Gasteiger partial charge in [-0.25, -0.2) is 14.8 Å². The molecule has 1 N–H and O–H groups in total. The number of amides is 1. The smallest absolute Gasteiger partial charge is 0.409 e. The molecule has 0 spiro atoms. The van der Waals surface area contributed by atoms with E-state index in [0.29, 0.717) is 19.0 Å². The molecule has 7 heteroatoms. The van der Waals surface area contributed by atoms with E-state index in [-0.39, 0.29) is 12.1 Å². The van der Waals surface area contributed by atoms with Crippen LogP contribution in [-0.2, 0) is 4.74 Å². The zero-order chi connectivity index (χ0) is 12.3. The third-order valence-corrected chi connectivity index (χ3v) is 2.98. The number of nitrogens with one attached hydrogen (secondary N) is 1. The molecule has 0 radical (unpaired) electrons. The van der Waals surface area contributed by atoms with Crippen LogP contribution < -0.4 is 5.32 Å². The van der Waals surface area contributed by atoms with E-state index in [9.17, 15) is 4.79 Å². The van der Waals surface area contributed by atoms with Crippen LogP contribution in [0.2, 0.25) is 0 Å². The molecule has 1 unspecified atom stereocenters. The maximum Gasteiger partial charge on any atom is 0.409 e. The van der Waals surface area contributed by atoms with Crippen LogP contribution in [0, 0.1) is 0 Å². The molecule has 6 nitrogen and oxygen atoms in total. The minimum absolute atomic E-state index is 0.176. The molecule has 2 rings (SSSR count). The Bertz CT molecular complexity index is 398. The third-order valence-electron chi connectivity index (χ3n) is 2.57. The number of carbonyl (C=O) groups is 1. The second-order valence-electron chi connectivity index (χ2n) is 3.77. The Balaban J connectivity index is 1.89. The van der Waals surface area contributed by atoms with Gasteiger partial charge in [-0.3, -0.25) is 0 Å². The summed E-state index contributed by atoms with van der Waals surface area (Å²) in [5.74, 6) is 0.574. The standard InChI is InChI=1S/C10H13BrN4O2/c1-17-10(16)15-3-2-8(6-15)14-9-12-4-7(11)5-13-9/h4-5,8H,2-3,6H2,1H3,(H,12,13,14). The van der Waals surface area contributed by atoms with Crippen LogP contribution in [0.4, 0.5) is 10.7 Å². The fourth-order valence-corrected chi connectivity index (χ4v) is 1.95. The largest absolute Gasteiger partial charge is 0.453 e. The van der Waals surface area contributed by atoms with E-state index < -0.39 is 0 Å².